The molecule has 0 saturated heterocycles. The van der Waals surface area contributed by atoms with E-state index in [4.69, 9.17) is 8.83 Å². The van der Waals surface area contributed by atoms with E-state index in [1.807, 2.05) is 0 Å². The molecule has 2 heterocycles. The number of nitrogens with zero attached hydrogens (tertiary/aromatic N) is 2. The van der Waals surface area contributed by atoms with Gasteiger partial charge in [-0.3, -0.25) is 0 Å². The number of hydrogen-bond acceptors (Lipinski definition) is 4. The van der Waals surface area contributed by atoms with Gasteiger partial charge in [0.15, 0.2) is 5.58 Å². The van der Waals surface area contributed by atoms with Gasteiger partial charge in [0.2, 0.25) is 0 Å². The van der Waals surface area contributed by atoms with Crippen molar-refractivity contribution in [3.63, 3.8) is 0 Å². The van der Waals surface area contributed by atoms with Crippen molar-refractivity contribution in [1.29, 1.82) is 0 Å². The zero-order valence-electron chi connectivity index (χ0n) is 34.3. The van der Waals surface area contributed by atoms with Crippen molar-refractivity contribution in [2.24, 2.45) is 5.92 Å². The van der Waals surface area contributed by atoms with E-state index in [-0.39, 0.29) is 12.0 Å². The maximum atomic E-state index is 6.86. The van der Waals surface area contributed by atoms with E-state index in [0.29, 0.717) is 0 Å². The summed E-state index contributed by atoms with van der Waals surface area (Å²) < 4.78 is 13.7. The van der Waals surface area contributed by atoms with Crippen molar-refractivity contribution in [3.05, 3.63) is 185 Å². The number of aryl methyl sites for hydroxylation is 2. The molecule has 60 heavy (non-hydrogen) atoms. The molecule has 4 heteroatoms. The molecule has 2 atom stereocenters. The summed E-state index contributed by atoms with van der Waals surface area (Å²) in [5.41, 5.74) is 13.4. The first-order valence-electron chi connectivity index (χ1n) is 21.3. The highest BCUT2D eigenvalue weighted by molar-refractivity contribution is 6.28. The lowest BCUT2D eigenvalue weighted by Crippen LogP contribution is -2.30. The summed E-state index contributed by atoms with van der Waals surface area (Å²) in [5, 5.41) is 10.9. The average Bonchev–Trinajstić information content (AvgIpc) is 3.84. The smallest absolute Gasteiger partial charge is 0.159 e. The lowest BCUT2D eigenvalue weighted by Gasteiger charge is -2.39. The first-order valence-corrected chi connectivity index (χ1v) is 21.3. The SMILES string of the molecule is CC1=CCCC=C1N(c1ccc2ccc3c(N(c4ccccc4C)C4c5oc6ccccc6c5C=CC4C)ccc4ccc1c2c43)c1c(C)ccc2c1oc1ccccc12. The number of fused-ring (bicyclic) bond motifs is 6. The normalized spacial score (nSPS) is 16.7. The van der Waals surface area contributed by atoms with Crippen molar-refractivity contribution < 1.29 is 8.83 Å². The number of rotatable bonds is 6. The Morgan fingerprint density at radius 3 is 1.93 bits per heavy atom. The first kappa shape index (κ1) is 35.0. The van der Waals surface area contributed by atoms with Gasteiger partial charge in [0.25, 0.3) is 0 Å². The van der Waals surface area contributed by atoms with Crippen LogP contribution in [0.4, 0.5) is 22.7 Å². The van der Waals surface area contributed by atoms with Gasteiger partial charge in [-0.25, -0.2) is 0 Å². The van der Waals surface area contributed by atoms with Crippen LogP contribution in [0.2, 0.25) is 0 Å². The molecular weight excluding hydrogens is 733 g/mol. The Kier molecular flexibility index (Phi) is 7.71. The van der Waals surface area contributed by atoms with Crippen LogP contribution in [0.15, 0.2) is 172 Å². The number of hydrogen-bond donors (Lipinski definition) is 0. The summed E-state index contributed by atoms with van der Waals surface area (Å²) >= 11 is 0. The van der Waals surface area contributed by atoms with Gasteiger partial charge in [-0.05, 0) is 102 Å². The molecule has 0 fully saturated rings. The fourth-order valence-electron chi connectivity index (χ4n) is 10.4. The zero-order chi connectivity index (χ0) is 40.2. The summed E-state index contributed by atoms with van der Waals surface area (Å²) in [6.45, 7) is 9.02. The van der Waals surface area contributed by atoms with Crippen molar-refractivity contribution >= 4 is 94.1 Å². The molecule has 2 unspecified atom stereocenters. The van der Waals surface area contributed by atoms with Crippen LogP contribution in [0.3, 0.4) is 0 Å². The van der Waals surface area contributed by atoms with Crippen LogP contribution >= 0.6 is 0 Å². The van der Waals surface area contributed by atoms with Gasteiger partial charge in [-0.1, -0.05) is 134 Å². The van der Waals surface area contributed by atoms with E-state index in [1.54, 1.807) is 0 Å². The van der Waals surface area contributed by atoms with Gasteiger partial charge in [0.05, 0.1) is 17.4 Å². The Bertz CT molecular complexity index is 3470. The lowest BCUT2D eigenvalue weighted by molar-refractivity contribution is 0.433. The third-order valence-electron chi connectivity index (χ3n) is 13.3. The molecule has 8 aromatic carbocycles. The molecule has 2 aromatic heterocycles. The van der Waals surface area contributed by atoms with Gasteiger partial charge in [0.1, 0.15) is 16.9 Å². The number of benzene rings is 8. The zero-order valence-corrected chi connectivity index (χ0v) is 34.3. The van der Waals surface area contributed by atoms with Gasteiger partial charge in [0, 0.05) is 55.5 Å². The molecule has 290 valence electrons. The molecule has 0 saturated carbocycles. The van der Waals surface area contributed by atoms with E-state index < -0.39 is 0 Å². The van der Waals surface area contributed by atoms with Crippen LogP contribution in [0.1, 0.15) is 55.2 Å². The standard InChI is InChI=1S/C56H44N2O2/c1-33-13-5-9-17-45(33)57(53-35(3)21-27-41-39-15-7-11-19-49(39)59-55(41)53)47-31-25-37-24-30-44-48(32-26-38-23-29-43(47)51(37)52(38)44)58(46-18-10-6-14-34(46)2)54-36(4)22-28-42-40-16-8-12-20-50(40)60-56(42)54/h5,7-9,11-32,35,53H,6,10H2,1-4H3. The Balaban J connectivity index is 1.13. The van der Waals surface area contributed by atoms with E-state index in [0.717, 1.165) is 62.9 Å². The molecule has 0 radical (unpaired) electrons. The molecule has 0 bridgehead atoms. The number of allylic oxidation sites excluding steroid dienone is 3. The summed E-state index contributed by atoms with van der Waals surface area (Å²) in [5.74, 6) is 1.19. The average molecular weight is 777 g/mol. The Hall–Kier alpha value is -7.04. The second-order valence-electron chi connectivity index (χ2n) is 16.9. The molecule has 10 aromatic rings. The minimum absolute atomic E-state index is 0.0664. The van der Waals surface area contributed by atoms with E-state index in [2.05, 4.69) is 195 Å². The summed E-state index contributed by atoms with van der Waals surface area (Å²) in [6, 6.07) is 48.7. The predicted molar refractivity (Wildman–Crippen MR) is 252 cm³/mol. The molecule has 4 nitrogen and oxygen atoms in total. The number of anilines is 4. The number of furan rings is 2. The molecule has 12 rings (SSSR count). The largest absolute Gasteiger partial charge is 0.458 e. The van der Waals surface area contributed by atoms with E-state index in [9.17, 15) is 0 Å². The van der Waals surface area contributed by atoms with Gasteiger partial charge in [-0.2, -0.15) is 0 Å². The quantitative estimate of drug-likeness (QED) is 0.157. The Morgan fingerprint density at radius 2 is 1.17 bits per heavy atom. The van der Waals surface area contributed by atoms with Crippen LogP contribution in [0.5, 0.6) is 0 Å². The highest BCUT2D eigenvalue weighted by Crippen LogP contribution is 2.52. The Morgan fingerprint density at radius 1 is 0.533 bits per heavy atom. The van der Waals surface area contributed by atoms with Crippen LogP contribution < -0.4 is 9.80 Å². The van der Waals surface area contributed by atoms with Gasteiger partial charge < -0.3 is 18.6 Å². The molecule has 2 aliphatic carbocycles. The van der Waals surface area contributed by atoms with E-state index >= 15 is 0 Å². The summed E-state index contributed by atoms with van der Waals surface area (Å²) in [6.07, 6.45) is 11.5. The highest BCUT2D eigenvalue weighted by Gasteiger charge is 2.36. The maximum Gasteiger partial charge on any atom is 0.159 e. The monoisotopic (exact) mass is 776 g/mol. The lowest BCUT2D eigenvalue weighted by atomic mass is 9.86. The van der Waals surface area contributed by atoms with Gasteiger partial charge >= 0.3 is 0 Å². The topological polar surface area (TPSA) is 32.8 Å². The van der Waals surface area contributed by atoms with Crippen molar-refractivity contribution in [2.75, 3.05) is 9.80 Å². The second kappa shape index (κ2) is 13.2. The van der Waals surface area contributed by atoms with E-state index in [1.165, 1.54) is 71.7 Å². The van der Waals surface area contributed by atoms with Crippen LogP contribution in [-0.2, 0) is 0 Å². The minimum atomic E-state index is -0.0664. The van der Waals surface area contributed by atoms with Crippen molar-refractivity contribution in [3.8, 4) is 0 Å². The molecule has 0 amide bonds. The first-order chi connectivity index (χ1) is 29.4. The minimum Gasteiger partial charge on any atom is -0.458 e. The van der Waals surface area contributed by atoms with Crippen molar-refractivity contribution in [1.82, 2.24) is 0 Å². The van der Waals surface area contributed by atoms with Crippen molar-refractivity contribution in [2.45, 2.75) is 46.6 Å². The van der Waals surface area contributed by atoms with Crippen LogP contribution in [0.25, 0.3) is 71.3 Å². The Labute approximate surface area is 349 Å². The molecule has 0 spiro atoms. The second-order valence-corrected chi connectivity index (χ2v) is 16.9. The fourth-order valence-corrected chi connectivity index (χ4v) is 10.4. The number of para-hydroxylation sites is 3. The third kappa shape index (κ3) is 5.03. The third-order valence-corrected chi connectivity index (χ3v) is 13.3. The molecular formula is C56H44N2O2. The summed E-state index contributed by atoms with van der Waals surface area (Å²) in [4.78, 5) is 5.06. The molecule has 2 aliphatic rings. The highest BCUT2D eigenvalue weighted by atomic mass is 16.3. The maximum absolute atomic E-state index is 6.86. The molecule has 0 aliphatic heterocycles. The fraction of sp³-hybridized carbons (Fsp3) is 0.143. The predicted octanol–water partition coefficient (Wildman–Crippen LogP) is 16.2. The van der Waals surface area contributed by atoms with Crippen LogP contribution in [-0.4, -0.2) is 0 Å². The van der Waals surface area contributed by atoms with Gasteiger partial charge in [-0.15, -0.1) is 0 Å². The molecule has 0 N–H and O–H groups in total. The van der Waals surface area contributed by atoms with Crippen LogP contribution in [0, 0.1) is 19.8 Å². The summed E-state index contributed by atoms with van der Waals surface area (Å²) in [7, 11) is 0.